The van der Waals surface area contributed by atoms with Gasteiger partial charge < -0.3 is 19.2 Å². The second-order valence-corrected chi connectivity index (χ2v) is 7.74. The molecular formula is C21H23N9O2. The predicted octanol–water partition coefficient (Wildman–Crippen LogP) is 2.23. The fraction of sp³-hybridized carbons (Fsp3) is 0.381. The Hall–Kier alpha value is -3.89. The van der Waals surface area contributed by atoms with Gasteiger partial charge in [0.2, 0.25) is 5.76 Å². The summed E-state index contributed by atoms with van der Waals surface area (Å²) in [6.45, 7) is 7.51. The minimum atomic E-state index is -0.144. The lowest BCUT2D eigenvalue weighted by Crippen LogP contribution is -2.32. The van der Waals surface area contributed by atoms with Crippen LogP contribution in [0.5, 0.6) is 0 Å². The number of rotatable bonds is 5. The van der Waals surface area contributed by atoms with Crippen molar-refractivity contribution in [2.45, 2.75) is 39.8 Å². The van der Waals surface area contributed by atoms with E-state index in [4.69, 9.17) is 9.40 Å². The van der Waals surface area contributed by atoms with Gasteiger partial charge in [-0.05, 0) is 27.2 Å². The zero-order valence-electron chi connectivity index (χ0n) is 18.1. The number of hydrogen-bond donors (Lipinski definition) is 1. The summed E-state index contributed by atoms with van der Waals surface area (Å²) in [5.74, 6) is 2.24. The predicted molar refractivity (Wildman–Crippen MR) is 116 cm³/mol. The highest BCUT2D eigenvalue weighted by molar-refractivity contribution is 5.92. The van der Waals surface area contributed by atoms with E-state index in [0.29, 0.717) is 48.2 Å². The van der Waals surface area contributed by atoms with E-state index in [9.17, 15) is 4.79 Å². The van der Waals surface area contributed by atoms with Crippen molar-refractivity contribution in [2.24, 2.45) is 0 Å². The molecule has 11 heteroatoms. The van der Waals surface area contributed by atoms with E-state index in [2.05, 4.69) is 30.2 Å². The Morgan fingerprint density at radius 3 is 2.72 bits per heavy atom. The number of imidazole rings is 1. The minimum Gasteiger partial charge on any atom is -0.438 e. The molecule has 164 valence electrons. The van der Waals surface area contributed by atoms with Gasteiger partial charge in [-0.2, -0.15) is 0 Å². The number of amides is 1. The van der Waals surface area contributed by atoms with Crippen molar-refractivity contribution in [1.82, 2.24) is 39.4 Å². The van der Waals surface area contributed by atoms with Crippen LogP contribution in [0.15, 0.2) is 29.5 Å². The zero-order chi connectivity index (χ0) is 22.2. The maximum Gasteiger partial charge on any atom is 0.291 e. The lowest BCUT2D eigenvalue weighted by atomic mass is 10.2. The summed E-state index contributed by atoms with van der Waals surface area (Å²) >= 11 is 0. The quantitative estimate of drug-likeness (QED) is 0.504. The van der Waals surface area contributed by atoms with Crippen molar-refractivity contribution in [3.8, 4) is 11.4 Å². The first kappa shape index (κ1) is 20.0. The number of hydrogen-bond acceptors (Lipinski definition) is 9. The highest BCUT2D eigenvalue weighted by Gasteiger charge is 2.30. The van der Waals surface area contributed by atoms with Crippen LogP contribution in [-0.4, -0.2) is 64.4 Å². The third kappa shape index (κ3) is 3.45. The van der Waals surface area contributed by atoms with E-state index < -0.39 is 0 Å². The highest BCUT2D eigenvalue weighted by Crippen LogP contribution is 2.27. The first-order chi connectivity index (χ1) is 15.5. The molecule has 0 aliphatic carbocycles. The van der Waals surface area contributed by atoms with Crippen LogP contribution in [0, 0.1) is 13.8 Å². The van der Waals surface area contributed by atoms with E-state index in [1.54, 1.807) is 24.2 Å². The number of carbonyl (C=O) groups excluding carboxylic acids is 1. The number of anilines is 1. The summed E-state index contributed by atoms with van der Waals surface area (Å²) in [6, 6.07) is 0.0400. The normalized spacial score (nSPS) is 16.1. The van der Waals surface area contributed by atoms with E-state index in [-0.39, 0.29) is 11.9 Å². The Kier molecular flexibility index (Phi) is 5.00. The van der Waals surface area contributed by atoms with Gasteiger partial charge in [0, 0.05) is 38.1 Å². The number of nitrogens with zero attached hydrogens (tertiary/aromatic N) is 8. The molecule has 1 N–H and O–H groups in total. The Morgan fingerprint density at radius 1 is 1.19 bits per heavy atom. The number of carbonyl (C=O) groups is 1. The van der Waals surface area contributed by atoms with Gasteiger partial charge in [-0.3, -0.25) is 4.79 Å². The SMILES string of the molecule is CCn1c(-c2cnc(C)nc2)nc2c(N[C@H]3CCN(C(=O)c4ocnc4C)C3)ncnc21. The first-order valence-electron chi connectivity index (χ1n) is 10.5. The average molecular weight is 433 g/mol. The number of fused-ring (bicyclic) bond motifs is 1. The largest absolute Gasteiger partial charge is 0.438 e. The molecule has 1 atom stereocenters. The van der Waals surface area contributed by atoms with Gasteiger partial charge >= 0.3 is 0 Å². The molecule has 5 rings (SSSR count). The van der Waals surface area contributed by atoms with Crippen LogP contribution in [0.4, 0.5) is 5.82 Å². The summed E-state index contributed by atoms with van der Waals surface area (Å²) in [5.41, 5.74) is 2.84. The Morgan fingerprint density at radius 2 is 2.00 bits per heavy atom. The molecule has 0 radical (unpaired) electrons. The van der Waals surface area contributed by atoms with Crippen LogP contribution >= 0.6 is 0 Å². The molecule has 0 saturated carbocycles. The first-order valence-corrected chi connectivity index (χ1v) is 10.5. The van der Waals surface area contributed by atoms with Gasteiger partial charge in [0.05, 0.1) is 11.3 Å². The number of aryl methyl sites for hydroxylation is 3. The third-order valence-electron chi connectivity index (χ3n) is 5.64. The molecule has 1 aliphatic rings. The topological polar surface area (TPSA) is 128 Å². The van der Waals surface area contributed by atoms with Crippen LogP contribution < -0.4 is 5.32 Å². The summed E-state index contributed by atoms with van der Waals surface area (Å²) in [6.07, 6.45) is 7.15. The monoisotopic (exact) mass is 433 g/mol. The average Bonchev–Trinajstić information content (AvgIpc) is 3.52. The molecule has 1 amide bonds. The van der Waals surface area contributed by atoms with Crippen LogP contribution in [0.25, 0.3) is 22.6 Å². The standard InChI is InChI=1S/C21H23N9O2/c1-4-30-19(14-7-22-13(3)23-8-14)28-16-18(24-10-25-20(16)30)27-15-5-6-29(9-15)21(31)17-12(2)26-11-32-17/h7-8,10-11,15H,4-6,9H2,1-3H3,(H,24,25,27)/t15-/m0/s1. The fourth-order valence-electron chi connectivity index (χ4n) is 3.98. The van der Waals surface area contributed by atoms with Crippen molar-refractivity contribution < 1.29 is 9.21 Å². The van der Waals surface area contributed by atoms with Crippen LogP contribution in [0.2, 0.25) is 0 Å². The van der Waals surface area contributed by atoms with E-state index in [1.807, 2.05) is 18.4 Å². The molecule has 32 heavy (non-hydrogen) atoms. The van der Waals surface area contributed by atoms with Crippen molar-refractivity contribution in [1.29, 1.82) is 0 Å². The maximum absolute atomic E-state index is 12.7. The number of likely N-dealkylation sites (tertiary alicyclic amines) is 1. The van der Waals surface area contributed by atoms with Crippen molar-refractivity contribution in [2.75, 3.05) is 18.4 Å². The van der Waals surface area contributed by atoms with Crippen molar-refractivity contribution in [3.63, 3.8) is 0 Å². The van der Waals surface area contributed by atoms with Crippen LogP contribution in [0.3, 0.4) is 0 Å². The van der Waals surface area contributed by atoms with Gasteiger partial charge in [0.25, 0.3) is 5.91 Å². The molecule has 0 bridgehead atoms. The Balaban J connectivity index is 1.41. The summed E-state index contributed by atoms with van der Waals surface area (Å²) in [4.78, 5) is 40.8. The van der Waals surface area contributed by atoms with E-state index >= 15 is 0 Å². The summed E-state index contributed by atoms with van der Waals surface area (Å²) in [7, 11) is 0. The maximum atomic E-state index is 12.7. The second kappa shape index (κ2) is 7.98. The van der Waals surface area contributed by atoms with Crippen molar-refractivity contribution >= 4 is 22.9 Å². The molecule has 1 fully saturated rings. The Labute approximate surface area is 184 Å². The smallest absolute Gasteiger partial charge is 0.291 e. The molecule has 11 nitrogen and oxygen atoms in total. The zero-order valence-corrected chi connectivity index (χ0v) is 18.1. The van der Waals surface area contributed by atoms with Gasteiger partial charge in [-0.1, -0.05) is 0 Å². The lowest BCUT2D eigenvalue weighted by molar-refractivity contribution is 0.0759. The van der Waals surface area contributed by atoms with Crippen LogP contribution in [0.1, 0.15) is 35.4 Å². The molecule has 4 aromatic heterocycles. The molecule has 0 aromatic carbocycles. The van der Waals surface area contributed by atoms with Gasteiger partial charge in [-0.25, -0.2) is 29.9 Å². The number of nitrogens with one attached hydrogen (secondary N) is 1. The van der Waals surface area contributed by atoms with E-state index in [1.165, 1.54) is 12.7 Å². The second-order valence-electron chi connectivity index (χ2n) is 7.74. The molecular weight excluding hydrogens is 410 g/mol. The summed E-state index contributed by atoms with van der Waals surface area (Å²) in [5, 5.41) is 3.46. The van der Waals surface area contributed by atoms with Crippen molar-refractivity contribution in [3.05, 3.63) is 42.4 Å². The van der Waals surface area contributed by atoms with Crippen LogP contribution in [-0.2, 0) is 6.54 Å². The molecule has 1 aliphatic heterocycles. The molecule has 0 spiro atoms. The molecule has 1 saturated heterocycles. The molecule has 0 unspecified atom stereocenters. The van der Waals surface area contributed by atoms with Gasteiger partial charge in [0.15, 0.2) is 23.4 Å². The number of aromatic nitrogens is 7. The molecule has 5 heterocycles. The van der Waals surface area contributed by atoms with E-state index in [0.717, 1.165) is 23.5 Å². The highest BCUT2D eigenvalue weighted by atomic mass is 16.3. The third-order valence-corrected chi connectivity index (χ3v) is 5.64. The fourth-order valence-corrected chi connectivity index (χ4v) is 3.98. The van der Waals surface area contributed by atoms with Gasteiger partial charge in [0.1, 0.15) is 18.0 Å². The number of oxazole rings is 1. The Bertz CT molecular complexity index is 1280. The molecule has 4 aromatic rings. The lowest BCUT2D eigenvalue weighted by Gasteiger charge is -2.16. The minimum absolute atomic E-state index is 0.0400. The van der Waals surface area contributed by atoms with Gasteiger partial charge in [-0.15, -0.1) is 0 Å². The summed E-state index contributed by atoms with van der Waals surface area (Å²) < 4.78 is 7.28.